The van der Waals surface area contributed by atoms with Crippen LogP contribution < -0.4 is 5.32 Å². The molecule has 2 N–H and O–H groups in total. The lowest BCUT2D eigenvalue weighted by atomic mass is 9.98. The number of aliphatic hydroxyl groups is 1. The number of amides is 1. The topological polar surface area (TPSA) is 49.3 Å². The van der Waals surface area contributed by atoms with Gasteiger partial charge in [0.25, 0.3) is 5.91 Å². The number of hydrogen-bond acceptors (Lipinski definition) is 2. The number of benzene rings is 1. The molecule has 0 bridgehead atoms. The molecule has 1 rings (SSSR count). The fourth-order valence-corrected chi connectivity index (χ4v) is 1.17. The van der Waals surface area contributed by atoms with Crippen LogP contribution in [0.3, 0.4) is 0 Å². The van der Waals surface area contributed by atoms with E-state index in [0.29, 0.717) is 6.07 Å². The predicted molar refractivity (Wildman–Crippen MR) is 59.5 cm³/mol. The normalized spacial score (nSPS) is 13.3. The minimum absolute atomic E-state index is 0.609. The minimum Gasteiger partial charge on any atom is -0.391 e. The summed E-state index contributed by atoms with van der Waals surface area (Å²) < 4.78 is 39.0. The fraction of sp³-hybridized carbons (Fsp3) is 0.417. The number of rotatable bonds is 3. The summed E-state index contributed by atoms with van der Waals surface area (Å²) in [5.74, 6) is -5.53. The van der Waals surface area contributed by atoms with Gasteiger partial charge >= 0.3 is 0 Å². The molecule has 0 aliphatic heterocycles. The lowest BCUT2D eigenvalue weighted by Gasteiger charge is -2.29. The molecule has 0 saturated carbocycles. The molecular formula is C12H14F3NO2. The van der Waals surface area contributed by atoms with Gasteiger partial charge in [-0.05, 0) is 32.9 Å². The monoisotopic (exact) mass is 261 g/mol. The molecule has 0 saturated heterocycles. The van der Waals surface area contributed by atoms with E-state index < -0.39 is 40.6 Å². The number of hydrogen-bond donors (Lipinski definition) is 2. The molecule has 1 amide bonds. The smallest absolute Gasteiger partial charge is 0.254 e. The van der Waals surface area contributed by atoms with E-state index in [2.05, 4.69) is 5.32 Å². The summed E-state index contributed by atoms with van der Waals surface area (Å²) in [6.45, 7) is 4.49. The van der Waals surface area contributed by atoms with Gasteiger partial charge in [-0.3, -0.25) is 4.79 Å². The third-order valence-corrected chi connectivity index (χ3v) is 2.76. The molecule has 100 valence electrons. The Hall–Kier alpha value is -1.56. The first kappa shape index (κ1) is 14.5. The van der Waals surface area contributed by atoms with Gasteiger partial charge in [0.05, 0.1) is 17.2 Å². The van der Waals surface area contributed by atoms with Crippen molar-refractivity contribution in [3.8, 4) is 0 Å². The zero-order chi connectivity index (χ0) is 14.1. The van der Waals surface area contributed by atoms with Crippen molar-refractivity contribution in [3.05, 3.63) is 35.1 Å². The molecule has 0 aliphatic carbocycles. The maximum absolute atomic E-state index is 13.4. The van der Waals surface area contributed by atoms with Crippen LogP contribution in [0.2, 0.25) is 0 Å². The number of aliphatic hydroxyl groups excluding tert-OH is 1. The van der Waals surface area contributed by atoms with Gasteiger partial charge in [-0.15, -0.1) is 0 Å². The highest BCUT2D eigenvalue weighted by Gasteiger charge is 2.28. The van der Waals surface area contributed by atoms with Gasteiger partial charge in [-0.2, -0.15) is 0 Å². The van der Waals surface area contributed by atoms with Crippen molar-refractivity contribution in [1.29, 1.82) is 0 Å². The Labute approximate surface area is 103 Å². The molecular weight excluding hydrogens is 247 g/mol. The Kier molecular flexibility index (Phi) is 4.01. The molecule has 1 aromatic carbocycles. The third kappa shape index (κ3) is 2.81. The molecule has 3 nitrogen and oxygen atoms in total. The van der Waals surface area contributed by atoms with Crippen LogP contribution in [0.5, 0.6) is 0 Å². The van der Waals surface area contributed by atoms with Crippen molar-refractivity contribution in [2.75, 3.05) is 0 Å². The summed E-state index contributed by atoms with van der Waals surface area (Å²) >= 11 is 0. The molecule has 1 unspecified atom stereocenters. The highest BCUT2D eigenvalue weighted by Crippen LogP contribution is 2.17. The Bertz CT molecular complexity index is 473. The van der Waals surface area contributed by atoms with Gasteiger partial charge in [-0.25, -0.2) is 13.2 Å². The number of carbonyl (C=O) groups is 1. The summed E-state index contributed by atoms with van der Waals surface area (Å²) in [6.07, 6.45) is -0.894. The Morgan fingerprint density at radius 1 is 1.28 bits per heavy atom. The van der Waals surface area contributed by atoms with Crippen LogP contribution in [0, 0.1) is 17.5 Å². The van der Waals surface area contributed by atoms with Crippen molar-refractivity contribution in [2.45, 2.75) is 32.4 Å². The van der Waals surface area contributed by atoms with E-state index in [4.69, 9.17) is 0 Å². The average Bonchev–Trinajstić information content (AvgIpc) is 2.25. The molecule has 0 radical (unpaired) electrons. The van der Waals surface area contributed by atoms with Gasteiger partial charge < -0.3 is 10.4 Å². The molecule has 0 fully saturated rings. The van der Waals surface area contributed by atoms with Crippen LogP contribution in [-0.4, -0.2) is 22.7 Å². The van der Waals surface area contributed by atoms with Crippen molar-refractivity contribution < 1.29 is 23.1 Å². The number of carbonyl (C=O) groups excluding carboxylic acids is 1. The first-order chi connectivity index (χ1) is 8.16. The Morgan fingerprint density at radius 2 is 1.83 bits per heavy atom. The van der Waals surface area contributed by atoms with E-state index in [1.807, 2.05) is 0 Å². The summed E-state index contributed by atoms with van der Waals surface area (Å²) in [7, 11) is 0. The maximum Gasteiger partial charge on any atom is 0.254 e. The standard InChI is InChI=1S/C12H14F3NO2/c1-6(17)12(2,3)16-11(18)7-4-5-8(13)10(15)9(7)14/h4-6,17H,1-3H3,(H,16,18). The first-order valence-corrected chi connectivity index (χ1v) is 5.31. The van der Waals surface area contributed by atoms with Crippen LogP contribution >= 0.6 is 0 Å². The van der Waals surface area contributed by atoms with Crippen molar-refractivity contribution in [3.63, 3.8) is 0 Å². The highest BCUT2D eigenvalue weighted by atomic mass is 19.2. The summed E-state index contributed by atoms with van der Waals surface area (Å²) in [6, 6.07) is 1.52. The van der Waals surface area contributed by atoms with E-state index in [9.17, 15) is 23.1 Å². The number of nitrogens with one attached hydrogen (secondary N) is 1. The van der Waals surface area contributed by atoms with E-state index >= 15 is 0 Å². The summed E-state index contributed by atoms with van der Waals surface area (Å²) in [4.78, 5) is 11.7. The summed E-state index contributed by atoms with van der Waals surface area (Å²) in [5.41, 5.74) is -1.63. The molecule has 0 aliphatic rings. The quantitative estimate of drug-likeness (QED) is 0.817. The summed E-state index contributed by atoms with van der Waals surface area (Å²) in [5, 5.41) is 11.7. The van der Waals surface area contributed by atoms with Crippen molar-refractivity contribution in [2.24, 2.45) is 0 Å². The SMILES string of the molecule is CC(O)C(C)(C)NC(=O)c1ccc(F)c(F)c1F. The minimum atomic E-state index is -1.70. The third-order valence-electron chi connectivity index (χ3n) is 2.76. The average molecular weight is 261 g/mol. The van der Waals surface area contributed by atoms with Crippen LogP contribution in [0.15, 0.2) is 12.1 Å². The number of halogens is 3. The van der Waals surface area contributed by atoms with Gasteiger partial charge in [0.15, 0.2) is 17.5 Å². The highest BCUT2D eigenvalue weighted by molar-refractivity contribution is 5.95. The Balaban J connectivity index is 3.03. The zero-order valence-electron chi connectivity index (χ0n) is 10.2. The molecule has 18 heavy (non-hydrogen) atoms. The molecule has 6 heteroatoms. The zero-order valence-corrected chi connectivity index (χ0v) is 10.2. The van der Waals surface area contributed by atoms with Crippen LogP contribution in [-0.2, 0) is 0 Å². The second kappa shape index (κ2) is 4.97. The largest absolute Gasteiger partial charge is 0.391 e. The van der Waals surface area contributed by atoms with E-state index in [-0.39, 0.29) is 0 Å². The van der Waals surface area contributed by atoms with E-state index in [0.717, 1.165) is 6.07 Å². The predicted octanol–water partition coefficient (Wildman–Crippen LogP) is 1.99. The van der Waals surface area contributed by atoms with Crippen molar-refractivity contribution in [1.82, 2.24) is 5.32 Å². The molecule has 0 heterocycles. The second-order valence-corrected chi connectivity index (χ2v) is 4.57. The van der Waals surface area contributed by atoms with Gasteiger partial charge in [-0.1, -0.05) is 0 Å². The van der Waals surface area contributed by atoms with E-state index in [1.165, 1.54) is 20.8 Å². The van der Waals surface area contributed by atoms with Crippen LogP contribution in [0.25, 0.3) is 0 Å². The van der Waals surface area contributed by atoms with Gasteiger partial charge in [0.2, 0.25) is 0 Å². The van der Waals surface area contributed by atoms with E-state index in [1.54, 1.807) is 0 Å². The lowest BCUT2D eigenvalue weighted by molar-refractivity contribution is 0.0705. The maximum atomic E-state index is 13.4. The molecule has 1 aromatic rings. The lowest BCUT2D eigenvalue weighted by Crippen LogP contribution is -2.51. The molecule has 0 aromatic heterocycles. The Morgan fingerprint density at radius 3 is 2.33 bits per heavy atom. The van der Waals surface area contributed by atoms with Gasteiger partial charge in [0, 0.05) is 0 Å². The second-order valence-electron chi connectivity index (χ2n) is 4.57. The fourth-order valence-electron chi connectivity index (χ4n) is 1.17. The molecule has 0 spiro atoms. The first-order valence-electron chi connectivity index (χ1n) is 5.31. The van der Waals surface area contributed by atoms with Crippen LogP contribution in [0.4, 0.5) is 13.2 Å². The van der Waals surface area contributed by atoms with Crippen molar-refractivity contribution >= 4 is 5.91 Å². The van der Waals surface area contributed by atoms with Gasteiger partial charge in [0.1, 0.15) is 0 Å². The van der Waals surface area contributed by atoms with Crippen LogP contribution in [0.1, 0.15) is 31.1 Å². The molecule has 1 atom stereocenters.